The van der Waals surface area contributed by atoms with Crippen molar-refractivity contribution in [2.24, 2.45) is 5.92 Å². The Labute approximate surface area is 166 Å². The van der Waals surface area contributed by atoms with Crippen LogP contribution in [-0.2, 0) is 17.4 Å². The van der Waals surface area contributed by atoms with Gasteiger partial charge in [-0.3, -0.25) is 4.79 Å². The Morgan fingerprint density at radius 1 is 1.17 bits per heavy atom. The smallest absolute Gasteiger partial charge is 0.330 e. The first-order chi connectivity index (χ1) is 13.7. The van der Waals surface area contributed by atoms with E-state index < -0.39 is 35.6 Å². The molecule has 0 saturated carbocycles. The van der Waals surface area contributed by atoms with E-state index in [4.69, 9.17) is 0 Å². The molecule has 5 nitrogen and oxygen atoms in total. The van der Waals surface area contributed by atoms with Gasteiger partial charge in [-0.15, -0.1) is 0 Å². The molecule has 1 fully saturated rings. The summed E-state index contributed by atoms with van der Waals surface area (Å²) in [5.74, 6) is -1.49. The molecule has 2 atom stereocenters. The summed E-state index contributed by atoms with van der Waals surface area (Å²) in [5.41, 5.74) is 1.11. The minimum Gasteiger partial charge on any atom is -0.330 e. The SMILES string of the molecule is C=C1NC(=O)N[C@@H](c2ccc(CC)cc2)[C@@H]1C(=O)Nc1cccc(C(F)(F)F)c1. The van der Waals surface area contributed by atoms with E-state index in [9.17, 15) is 22.8 Å². The van der Waals surface area contributed by atoms with E-state index in [0.29, 0.717) is 5.56 Å². The number of carbonyl (C=O) groups is 2. The van der Waals surface area contributed by atoms with Crippen LogP contribution in [-0.4, -0.2) is 11.9 Å². The zero-order valence-corrected chi connectivity index (χ0v) is 15.6. The van der Waals surface area contributed by atoms with E-state index in [2.05, 4.69) is 22.5 Å². The third kappa shape index (κ3) is 4.59. The van der Waals surface area contributed by atoms with Gasteiger partial charge in [-0.25, -0.2) is 4.79 Å². The lowest BCUT2D eigenvalue weighted by atomic mass is 9.87. The molecule has 1 aliphatic heterocycles. The number of aryl methyl sites for hydroxylation is 1. The molecule has 0 aromatic heterocycles. The molecule has 0 aliphatic carbocycles. The van der Waals surface area contributed by atoms with Crippen LogP contribution in [0.4, 0.5) is 23.7 Å². The maximum atomic E-state index is 12.9. The third-order valence-corrected chi connectivity index (χ3v) is 4.76. The zero-order chi connectivity index (χ0) is 21.2. The van der Waals surface area contributed by atoms with Crippen LogP contribution in [0.5, 0.6) is 0 Å². The topological polar surface area (TPSA) is 70.2 Å². The first-order valence-corrected chi connectivity index (χ1v) is 9.02. The lowest BCUT2D eigenvalue weighted by Gasteiger charge is -2.34. The van der Waals surface area contributed by atoms with Crippen LogP contribution in [0.1, 0.15) is 29.7 Å². The van der Waals surface area contributed by atoms with Crippen LogP contribution in [0.15, 0.2) is 60.8 Å². The van der Waals surface area contributed by atoms with Gasteiger partial charge in [0.05, 0.1) is 11.6 Å². The van der Waals surface area contributed by atoms with Gasteiger partial charge in [0.1, 0.15) is 5.92 Å². The number of nitrogens with one attached hydrogen (secondary N) is 3. The lowest BCUT2D eigenvalue weighted by molar-refractivity contribution is -0.137. The molecular weight excluding hydrogens is 383 g/mol. The van der Waals surface area contributed by atoms with Crippen LogP contribution in [0, 0.1) is 5.92 Å². The van der Waals surface area contributed by atoms with Gasteiger partial charge in [0.25, 0.3) is 0 Å². The van der Waals surface area contributed by atoms with Gasteiger partial charge in [0.15, 0.2) is 0 Å². The summed E-state index contributed by atoms with van der Waals surface area (Å²) in [6.45, 7) is 5.77. The van der Waals surface area contributed by atoms with Crippen LogP contribution >= 0.6 is 0 Å². The largest absolute Gasteiger partial charge is 0.416 e. The number of benzene rings is 2. The van der Waals surface area contributed by atoms with E-state index >= 15 is 0 Å². The summed E-state index contributed by atoms with van der Waals surface area (Å²) in [7, 11) is 0. The maximum absolute atomic E-state index is 12.9. The molecule has 8 heteroatoms. The van der Waals surface area contributed by atoms with Crippen molar-refractivity contribution in [3.05, 3.63) is 77.5 Å². The molecule has 3 amide bonds. The highest BCUT2D eigenvalue weighted by molar-refractivity contribution is 5.97. The van der Waals surface area contributed by atoms with Gasteiger partial charge in [0.2, 0.25) is 5.91 Å². The average Bonchev–Trinajstić information content (AvgIpc) is 2.67. The number of rotatable bonds is 4. The number of halogens is 3. The minimum atomic E-state index is -4.52. The molecule has 1 aliphatic rings. The summed E-state index contributed by atoms with van der Waals surface area (Å²) in [6.07, 6.45) is -3.68. The minimum absolute atomic E-state index is 0.00889. The molecule has 2 aromatic carbocycles. The van der Waals surface area contributed by atoms with Crippen molar-refractivity contribution in [2.75, 3.05) is 5.32 Å². The van der Waals surface area contributed by atoms with Gasteiger partial charge >= 0.3 is 12.2 Å². The molecule has 152 valence electrons. The molecule has 3 N–H and O–H groups in total. The lowest BCUT2D eigenvalue weighted by Crippen LogP contribution is -2.51. The predicted molar refractivity (Wildman–Crippen MR) is 103 cm³/mol. The van der Waals surface area contributed by atoms with Crippen molar-refractivity contribution in [2.45, 2.75) is 25.6 Å². The number of anilines is 1. The van der Waals surface area contributed by atoms with Crippen molar-refractivity contribution in [3.8, 4) is 0 Å². The van der Waals surface area contributed by atoms with E-state index in [1.165, 1.54) is 12.1 Å². The molecule has 0 radical (unpaired) electrons. The Morgan fingerprint density at radius 2 is 1.86 bits per heavy atom. The van der Waals surface area contributed by atoms with Crippen LogP contribution < -0.4 is 16.0 Å². The van der Waals surface area contributed by atoms with E-state index in [1.807, 2.05) is 31.2 Å². The summed E-state index contributed by atoms with van der Waals surface area (Å²) < 4.78 is 38.8. The van der Waals surface area contributed by atoms with E-state index in [0.717, 1.165) is 24.1 Å². The predicted octanol–water partition coefficient (Wildman–Crippen LogP) is 4.39. The number of hydrogen-bond donors (Lipinski definition) is 3. The standard InChI is InChI=1S/C21H20F3N3O2/c1-3-13-7-9-14(10-8-13)18-17(12(2)25-20(29)27-18)19(28)26-16-6-4-5-15(11-16)21(22,23)24/h4-11,17-18H,2-3H2,1H3,(H,26,28)(H2,25,27,29)/t17-,18+/m1/s1. The highest BCUT2D eigenvalue weighted by atomic mass is 19.4. The van der Waals surface area contributed by atoms with Gasteiger partial charge in [0, 0.05) is 11.4 Å². The van der Waals surface area contributed by atoms with Crippen molar-refractivity contribution < 1.29 is 22.8 Å². The molecule has 0 unspecified atom stereocenters. The number of alkyl halides is 3. The first kappa shape index (κ1) is 20.4. The fourth-order valence-corrected chi connectivity index (χ4v) is 3.22. The van der Waals surface area contributed by atoms with Gasteiger partial charge in [-0.1, -0.05) is 43.8 Å². The van der Waals surface area contributed by atoms with E-state index in [-0.39, 0.29) is 11.4 Å². The van der Waals surface area contributed by atoms with Gasteiger partial charge in [-0.05, 0) is 35.7 Å². The Hall–Kier alpha value is -3.29. The van der Waals surface area contributed by atoms with Crippen molar-refractivity contribution >= 4 is 17.6 Å². The molecule has 3 rings (SSSR count). The summed E-state index contributed by atoms with van der Waals surface area (Å²) >= 11 is 0. The van der Waals surface area contributed by atoms with Crippen molar-refractivity contribution in [1.82, 2.24) is 10.6 Å². The van der Waals surface area contributed by atoms with Crippen molar-refractivity contribution in [1.29, 1.82) is 0 Å². The fourth-order valence-electron chi connectivity index (χ4n) is 3.22. The number of urea groups is 1. The molecule has 29 heavy (non-hydrogen) atoms. The molecular formula is C21H20F3N3O2. The molecule has 1 saturated heterocycles. The number of carbonyl (C=O) groups excluding carboxylic acids is 2. The van der Waals surface area contributed by atoms with Crippen LogP contribution in [0.2, 0.25) is 0 Å². The monoisotopic (exact) mass is 403 g/mol. The van der Waals surface area contributed by atoms with Crippen LogP contribution in [0.3, 0.4) is 0 Å². The molecule has 0 bridgehead atoms. The molecule has 0 spiro atoms. The quantitative estimate of drug-likeness (QED) is 0.709. The summed E-state index contributed by atoms with van der Waals surface area (Å²) in [4.78, 5) is 24.8. The number of hydrogen-bond acceptors (Lipinski definition) is 2. The molecule has 1 heterocycles. The normalized spacial score (nSPS) is 19.3. The maximum Gasteiger partial charge on any atom is 0.416 e. The van der Waals surface area contributed by atoms with Crippen molar-refractivity contribution in [3.63, 3.8) is 0 Å². The first-order valence-electron chi connectivity index (χ1n) is 9.02. The zero-order valence-electron chi connectivity index (χ0n) is 15.6. The number of amides is 3. The Morgan fingerprint density at radius 3 is 2.48 bits per heavy atom. The fraction of sp³-hybridized carbons (Fsp3) is 0.238. The second kappa shape index (κ2) is 7.98. The Balaban J connectivity index is 1.87. The Bertz CT molecular complexity index is 939. The average molecular weight is 403 g/mol. The summed E-state index contributed by atoms with van der Waals surface area (Å²) in [6, 6.07) is 10.6. The third-order valence-electron chi connectivity index (χ3n) is 4.76. The van der Waals surface area contributed by atoms with E-state index in [1.54, 1.807) is 0 Å². The highest BCUT2D eigenvalue weighted by Crippen LogP contribution is 2.33. The molecule has 2 aromatic rings. The second-order valence-electron chi connectivity index (χ2n) is 6.74. The van der Waals surface area contributed by atoms with Crippen LogP contribution in [0.25, 0.3) is 0 Å². The highest BCUT2D eigenvalue weighted by Gasteiger charge is 2.38. The Kier molecular flexibility index (Phi) is 5.63. The second-order valence-corrected chi connectivity index (χ2v) is 6.74. The summed E-state index contributed by atoms with van der Waals surface area (Å²) in [5, 5.41) is 7.67. The van der Waals surface area contributed by atoms with Gasteiger partial charge in [-0.2, -0.15) is 13.2 Å². The van der Waals surface area contributed by atoms with Gasteiger partial charge < -0.3 is 16.0 Å².